The van der Waals surface area contributed by atoms with Gasteiger partial charge in [-0.05, 0) is 31.5 Å². The van der Waals surface area contributed by atoms with E-state index in [0.717, 1.165) is 10.5 Å². The molecule has 0 radical (unpaired) electrons. The first-order valence-corrected chi connectivity index (χ1v) is 13.5. The number of hydrogen-bond acceptors (Lipinski definition) is 9. The number of ether oxygens (including phenoxy) is 2. The fraction of sp³-hybridized carbons (Fsp3) is 0.417. The summed E-state index contributed by atoms with van der Waals surface area (Å²) in [6, 6.07) is 14.0. The minimum atomic E-state index is -3.73. The lowest BCUT2D eigenvalue weighted by Gasteiger charge is -2.24. The van der Waals surface area contributed by atoms with E-state index in [4.69, 9.17) is 20.3 Å². The van der Waals surface area contributed by atoms with Gasteiger partial charge in [-0.3, -0.25) is 9.20 Å². The van der Waals surface area contributed by atoms with Crippen molar-refractivity contribution in [2.45, 2.75) is 38.6 Å². The molecular formula is C24H33N7O6S. The summed E-state index contributed by atoms with van der Waals surface area (Å²) in [4.78, 5) is 26.3. The molecule has 0 saturated heterocycles. The van der Waals surface area contributed by atoms with Crippen molar-refractivity contribution in [2.24, 2.45) is 10.9 Å². The molecule has 0 saturated carbocycles. The molecule has 2 heterocycles. The van der Waals surface area contributed by atoms with Crippen molar-refractivity contribution >= 4 is 27.7 Å². The molecule has 1 aromatic carbocycles. The number of aromatic nitrogens is 3. The van der Waals surface area contributed by atoms with E-state index in [1.54, 1.807) is 36.4 Å². The summed E-state index contributed by atoms with van der Waals surface area (Å²) in [5.41, 5.74) is 6.79. The number of carbonyl (C=O) groups excluding carboxylic acids is 2. The van der Waals surface area contributed by atoms with Crippen molar-refractivity contribution in [3.05, 3.63) is 65.6 Å². The predicted molar refractivity (Wildman–Crippen MR) is 139 cm³/mol. The number of sulfonamides is 1. The molecule has 0 aliphatic rings. The number of primary sulfonamides is 1. The molecule has 0 aliphatic carbocycles. The van der Waals surface area contributed by atoms with Crippen molar-refractivity contribution in [1.29, 1.82) is 0 Å². The van der Waals surface area contributed by atoms with Crippen LogP contribution in [0.5, 0.6) is 0 Å². The summed E-state index contributed by atoms with van der Waals surface area (Å²) in [6.07, 6.45) is -0.735. The highest BCUT2D eigenvalue weighted by atomic mass is 32.2. The van der Waals surface area contributed by atoms with E-state index in [9.17, 15) is 18.0 Å². The van der Waals surface area contributed by atoms with Crippen LogP contribution in [0.4, 0.5) is 4.79 Å². The lowest BCUT2D eigenvalue weighted by atomic mass is 10.1. The molecule has 3 aromatic rings. The van der Waals surface area contributed by atoms with Gasteiger partial charge in [-0.15, -0.1) is 10.2 Å². The summed E-state index contributed by atoms with van der Waals surface area (Å²) in [7, 11) is -2.32. The Morgan fingerprint density at radius 3 is 2.47 bits per heavy atom. The van der Waals surface area contributed by atoms with Crippen LogP contribution in [-0.4, -0.2) is 71.4 Å². The molecule has 0 bridgehead atoms. The predicted octanol–water partition coefficient (Wildman–Crippen LogP) is 0.698. The number of hydrogen-bond donors (Lipinski definition) is 3. The van der Waals surface area contributed by atoms with Gasteiger partial charge in [0.1, 0.15) is 12.6 Å². The topological polar surface area (TPSA) is 184 Å². The Balaban J connectivity index is 1.82. The summed E-state index contributed by atoms with van der Waals surface area (Å²) >= 11 is 0. The first-order chi connectivity index (χ1) is 17.8. The number of fused-ring (bicyclic) bond motifs is 1. The van der Waals surface area contributed by atoms with Gasteiger partial charge in [0, 0.05) is 13.6 Å². The summed E-state index contributed by atoms with van der Waals surface area (Å²) in [6.45, 7) is 3.26. The Bertz CT molecular complexity index is 1360. The molecule has 0 fully saturated rings. The number of nitrogens with zero attached hydrogens (tertiary/aromatic N) is 4. The average Bonchev–Trinajstić information content (AvgIpc) is 3.29. The monoisotopic (exact) mass is 547 g/mol. The molecule has 206 valence electrons. The molecule has 0 spiro atoms. The normalized spacial score (nSPS) is 12.8. The largest absolute Gasteiger partial charge is 0.443 e. The van der Waals surface area contributed by atoms with Crippen LogP contribution in [0.1, 0.15) is 37.0 Å². The number of nitrogens with two attached hydrogens (primary N) is 2. The molecule has 0 unspecified atom stereocenters. The van der Waals surface area contributed by atoms with E-state index in [0.29, 0.717) is 23.8 Å². The maximum absolute atomic E-state index is 12.8. The van der Waals surface area contributed by atoms with Crippen molar-refractivity contribution < 1.29 is 27.5 Å². The number of nitrogens with one attached hydrogen (secondary N) is 1. The van der Waals surface area contributed by atoms with E-state index >= 15 is 0 Å². The van der Waals surface area contributed by atoms with Gasteiger partial charge in [0.25, 0.3) is 0 Å². The van der Waals surface area contributed by atoms with Crippen LogP contribution in [0.25, 0.3) is 5.65 Å². The van der Waals surface area contributed by atoms with Gasteiger partial charge in [-0.2, -0.15) is 0 Å². The number of pyridine rings is 1. The Morgan fingerprint density at radius 2 is 1.82 bits per heavy atom. The zero-order valence-electron chi connectivity index (χ0n) is 21.5. The standard InChI is InChI=1S/C24H33N7O6S/c1-24(2,25)22(32)27-19(16-36-14-17-8-5-4-6-9-17)21-29-28-20-11-7-10-18(31(20)21)15-37-23(33)30(3)12-13-38(26,34)35/h4-11,19H,12-16,25H2,1-3H3,(H,27,32)(H2,26,34,35)/t19-/m1/s1. The molecule has 38 heavy (non-hydrogen) atoms. The van der Waals surface area contributed by atoms with Gasteiger partial charge >= 0.3 is 6.09 Å². The molecule has 2 aromatic heterocycles. The fourth-order valence-electron chi connectivity index (χ4n) is 3.36. The highest BCUT2D eigenvalue weighted by Gasteiger charge is 2.28. The second-order valence-electron chi connectivity index (χ2n) is 9.36. The first kappa shape index (κ1) is 29.0. The Hall–Kier alpha value is -3.59. The third kappa shape index (κ3) is 8.21. The van der Waals surface area contributed by atoms with Crippen LogP contribution in [0, 0.1) is 0 Å². The van der Waals surface area contributed by atoms with Crippen LogP contribution in [0.2, 0.25) is 0 Å². The number of rotatable bonds is 12. The maximum atomic E-state index is 12.8. The SMILES string of the molecule is CN(CCS(N)(=O)=O)C(=O)OCc1cccc2nnc([C@@H](COCc3ccccc3)NC(=O)C(C)(C)N)n12. The Labute approximate surface area is 221 Å². The van der Waals surface area contributed by atoms with Crippen molar-refractivity contribution in [3.8, 4) is 0 Å². The second-order valence-corrected chi connectivity index (χ2v) is 11.1. The molecule has 1 atom stereocenters. The number of amides is 2. The van der Waals surface area contributed by atoms with Crippen LogP contribution in [0.3, 0.4) is 0 Å². The van der Waals surface area contributed by atoms with Crippen molar-refractivity contribution in [1.82, 2.24) is 24.8 Å². The van der Waals surface area contributed by atoms with E-state index < -0.39 is 39.4 Å². The molecule has 5 N–H and O–H groups in total. The summed E-state index contributed by atoms with van der Waals surface area (Å²) < 4.78 is 35.3. The molecule has 3 rings (SSSR count). The van der Waals surface area contributed by atoms with Gasteiger partial charge in [0.05, 0.1) is 30.2 Å². The van der Waals surface area contributed by atoms with Gasteiger partial charge in [-0.1, -0.05) is 36.4 Å². The third-order valence-electron chi connectivity index (χ3n) is 5.50. The van der Waals surface area contributed by atoms with Gasteiger partial charge < -0.3 is 25.4 Å². The van der Waals surface area contributed by atoms with Crippen LogP contribution >= 0.6 is 0 Å². The van der Waals surface area contributed by atoms with E-state index in [2.05, 4.69) is 15.5 Å². The van der Waals surface area contributed by atoms with E-state index in [1.165, 1.54) is 7.05 Å². The minimum absolute atomic E-state index is 0.0714. The molecule has 2 amide bonds. The van der Waals surface area contributed by atoms with Gasteiger partial charge in [0.2, 0.25) is 15.9 Å². The summed E-state index contributed by atoms with van der Waals surface area (Å²) in [5, 5.41) is 16.4. The van der Waals surface area contributed by atoms with Crippen LogP contribution < -0.4 is 16.2 Å². The molecule has 0 aliphatic heterocycles. The number of carbonyl (C=O) groups is 2. The molecule has 14 heteroatoms. The Kier molecular flexibility index (Phi) is 9.38. The lowest BCUT2D eigenvalue weighted by molar-refractivity contribution is -0.126. The minimum Gasteiger partial charge on any atom is -0.443 e. The number of benzene rings is 1. The average molecular weight is 548 g/mol. The second kappa shape index (κ2) is 12.3. The van der Waals surface area contributed by atoms with Gasteiger partial charge in [-0.25, -0.2) is 18.4 Å². The van der Waals surface area contributed by atoms with Gasteiger partial charge in [0.15, 0.2) is 11.5 Å². The third-order valence-corrected chi connectivity index (χ3v) is 6.25. The molecule has 13 nitrogen and oxygen atoms in total. The maximum Gasteiger partial charge on any atom is 0.409 e. The molecular weight excluding hydrogens is 514 g/mol. The van der Waals surface area contributed by atoms with E-state index in [-0.39, 0.29) is 19.8 Å². The quantitative estimate of drug-likeness (QED) is 0.294. The summed E-state index contributed by atoms with van der Waals surface area (Å²) in [5.74, 6) is -0.450. The highest BCUT2D eigenvalue weighted by molar-refractivity contribution is 7.89. The zero-order valence-corrected chi connectivity index (χ0v) is 22.3. The van der Waals surface area contributed by atoms with Crippen molar-refractivity contribution in [3.63, 3.8) is 0 Å². The highest BCUT2D eigenvalue weighted by Crippen LogP contribution is 2.19. The zero-order chi connectivity index (χ0) is 27.9. The lowest BCUT2D eigenvalue weighted by Crippen LogP contribution is -2.51. The van der Waals surface area contributed by atoms with E-state index in [1.807, 2.05) is 30.3 Å². The van der Waals surface area contributed by atoms with Crippen LogP contribution in [-0.2, 0) is 37.5 Å². The van der Waals surface area contributed by atoms with Crippen molar-refractivity contribution in [2.75, 3.05) is 26.0 Å². The first-order valence-electron chi connectivity index (χ1n) is 11.8. The fourth-order valence-corrected chi connectivity index (χ4v) is 3.89. The Morgan fingerprint density at radius 1 is 1.11 bits per heavy atom. The van der Waals surface area contributed by atoms with Crippen LogP contribution in [0.15, 0.2) is 48.5 Å². The smallest absolute Gasteiger partial charge is 0.409 e.